The number of halogens is 1. The number of aromatic nitrogens is 2. The van der Waals surface area contributed by atoms with Gasteiger partial charge in [-0.05, 0) is 34.8 Å². The van der Waals surface area contributed by atoms with E-state index in [9.17, 15) is 8.42 Å². The maximum atomic E-state index is 11.6. The van der Waals surface area contributed by atoms with Crippen LogP contribution in [0.15, 0.2) is 10.5 Å². The van der Waals surface area contributed by atoms with Crippen molar-refractivity contribution in [2.75, 3.05) is 11.5 Å². The zero-order valence-electron chi connectivity index (χ0n) is 8.56. The molecular formula is C9H12BrN3O2S. The predicted molar refractivity (Wildman–Crippen MR) is 64.7 cm³/mol. The lowest BCUT2D eigenvalue weighted by Crippen LogP contribution is -2.19. The molecule has 0 amide bonds. The van der Waals surface area contributed by atoms with Gasteiger partial charge in [-0.25, -0.2) is 8.42 Å². The summed E-state index contributed by atoms with van der Waals surface area (Å²) in [5.74, 6) is 0.611. The Kier molecular flexibility index (Phi) is 3.16. The number of hydrogen-bond donors (Lipinski definition) is 1. The van der Waals surface area contributed by atoms with Crippen LogP contribution < -0.4 is 5.73 Å². The summed E-state index contributed by atoms with van der Waals surface area (Å²) < 4.78 is 23.9. The van der Waals surface area contributed by atoms with Crippen LogP contribution in [0.25, 0.3) is 0 Å². The molecule has 0 spiro atoms. The topological polar surface area (TPSA) is 85.9 Å². The largest absolute Gasteiger partial charge is 0.381 e. The normalized spacial score (nSPS) is 23.4. The smallest absolute Gasteiger partial charge is 0.160 e. The Balaban J connectivity index is 2.18. The van der Waals surface area contributed by atoms with Crippen molar-refractivity contribution in [2.45, 2.75) is 24.5 Å². The average Bonchev–Trinajstić information content (AvgIpc) is 2.52. The van der Waals surface area contributed by atoms with E-state index in [0.29, 0.717) is 34.6 Å². The van der Waals surface area contributed by atoms with Crippen LogP contribution in [0.5, 0.6) is 0 Å². The van der Waals surface area contributed by atoms with Crippen molar-refractivity contribution in [1.82, 2.24) is 10.2 Å². The van der Waals surface area contributed by atoms with E-state index in [0.717, 1.165) is 6.42 Å². The minimum absolute atomic E-state index is 0.293. The third-order valence-corrected chi connectivity index (χ3v) is 5.63. The van der Waals surface area contributed by atoms with Gasteiger partial charge < -0.3 is 5.73 Å². The summed E-state index contributed by atoms with van der Waals surface area (Å²) in [6.45, 7) is 0. The summed E-state index contributed by atoms with van der Waals surface area (Å²) in [5, 5.41) is 7.35. The molecule has 2 heterocycles. The summed E-state index contributed by atoms with van der Waals surface area (Å²) in [6.07, 6.45) is 1.89. The van der Waals surface area contributed by atoms with Gasteiger partial charge in [0, 0.05) is 6.42 Å². The van der Waals surface area contributed by atoms with Crippen molar-refractivity contribution in [1.29, 1.82) is 0 Å². The van der Waals surface area contributed by atoms with Gasteiger partial charge in [0.25, 0.3) is 0 Å². The highest BCUT2D eigenvalue weighted by Gasteiger charge is 2.31. The van der Waals surface area contributed by atoms with Crippen molar-refractivity contribution < 1.29 is 8.42 Å². The van der Waals surface area contributed by atoms with Gasteiger partial charge in [-0.3, -0.25) is 0 Å². The SMILES string of the molecule is Nc1nnc(CC2CCCS2(=O)=O)cc1Br. The first-order valence-electron chi connectivity index (χ1n) is 4.98. The van der Waals surface area contributed by atoms with E-state index in [1.165, 1.54) is 0 Å². The van der Waals surface area contributed by atoms with Gasteiger partial charge in [0.05, 0.1) is 21.2 Å². The summed E-state index contributed by atoms with van der Waals surface area (Å²) >= 11 is 3.25. The zero-order valence-corrected chi connectivity index (χ0v) is 11.0. The summed E-state index contributed by atoms with van der Waals surface area (Å²) in [5.41, 5.74) is 6.17. The fraction of sp³-hybridized carbons (Fsp3) is 0.556. The minimum Gasteiger partial charge on any atom is -0.381 e. The molecule has 0 aromatic carbocycles. The molecule has 2 rings (SSSR count). The maximum Gasteiger partial charge on any atom is 0.160 e. The number of rotatable bonds is 2. The molecule has 1 unspecified atom stereocenters. The van der Waals surface area contributed by atoms with E-state index in [-0.39, 0.29) is 5.25 Å². The monoisotopic (exact) mass is 305 g/mol. The van der Waals surface area contributed by atoms with Crippen molar-refractivity contribution in [2.24, 2.45) is 0 Å². The predicted octanol–water partition coefficient (Wildman–Crippen LogP) is 0.941. The van der Waals surface area contributed by atoms with Crippen LogP contribution in [0, 0.1) is 0 Å². The third-order valence-electron chi connectivity index (χ3n) is 2.72. The van der Waals surface area contributed by atoms with Gasteiger partial charge >= 0.3 is 0 Å². The van der Waals surface area contributed by atoms with Crippen LogP contribution in [-0.2, 0) is 16.3 Å². The highest BCUT2D eigenvalue weighted by Crippen LogP contribution is 2.24. The van der Waals surface area contributed by atoms with Crippen LogP contribution in [0.1, 0.15) is 18.5 Å². The van der Waals surface area contributed by atoms with E-state index in [1.54, 1.807) is 6.07 Å². The van der Waals surface area contributed by atoms with E-state index in [1.807, 2.05) is 0 Å². The number of nitrogens with zero attached hydrogens (tertiary/aromatic N) is 2. The molecule has 1 aliphatic rings. The Labute approximate surface area is 102 Å². The van der Waals surface area contributed by atoms with Crippen LogP contribution in [0.4, 0.5) is 5.82 Å². The van der Waals surface area contributed by atoms with Gasteiger partial charge in [0.15, 0.2) is 15.7 Å². The fourth-order valence-electron chi connectivity index (χ4n) is 1.84. The summed E-state index contributed by atoms with van der Waals surface area (Å²) in [7, 11) is -2.92. The molecule has 2 N–H and O–H groups in total. The minimum atomic E-state index is -2.92. The standard InChI is InChI=1S/C9H12BrN3O2S/c10-8-5-6(12-13-9(8)11)4-7-2-1-3-16(7,14)15/h5,7H,1-4H2,(H2,11,13). The van der Waals surface area contributed by atoms with E-state index < -0.39 is 9.84 Å². The Morgan fingerprint density at radius 3 is 2.81 bits per heavy atom. The summed E-state index contributed by atoms with van der Waals surface area (Å²) in [4.78, 5) is 0. The first-order chi connectivity index (χ1) is 7.49. The molecule has 88 valence electrons. The molecule has 7 heteroatoms. The lowest BCUT2D eigenvalue weighted by molar-refractivity contribution is 0.587. The van der Waals surface area contributed by atoms with Crippen molar-refractivity contribution >= 4 is 31.6 Å². The van der Waals surface area contributed by atoms with Crippen molar-refractivity contribution in [3.63, 3.8) is 0 Å². The molecule has 1 aromatic heterocycles. The van der Waals surface area contributed by atoms with Gasteiger partial charge in [0.1, 0.15) is 0 Å². The second-order valence-corrected chi connectivity index (χ2v) is 7.16. The number of nitrogen functional groups attached to an aromatic ring is 1. The quantitative estimate of drug-likeness (QED) is 0.879. The summed E-state index contributed by atoms with van der Waals surface area (Å²) in [6, 6.07) is 1.73. The van der Waals surface area contributed by atoms with Gasteiger partial charge in [-0.1, -0.05) is 0 Å². The molecule has 1 fully saturated rings. The van der Waals surface area contributed by atoms with Gasteiger partial charge in [0.2, 0.25) is 0 Å². The molecule has 1 saturated heterocycles. The average molecular weight is 306 g/mol. The fourth-order valence-corrected chi connectivity index (χ4v) is 4.03. The number of anilines is 1. The second-order valence-electron chi connectivity index (χ2n) is 3.90. The Bertz CT molecular complexity index is 503. The molecule has 1 atom stereocenters. The molecule has 1 aliphatic heterocycles. The van der Waals surface area contributed by atoms with Crippen LogP contribution in [-0.4, -0.2) is 29.6 Å². The Hall–Kier alpha value is -0.690. The molecule has 16 heavy (non-hydrogen) atoms. The molecular weight excluding hydrogens is 294 g/mol. The molecule has 5 nitrogen and oxygen atoms in total. The lowest BCUT2D eigenvalue weighted by atomic mass is 10.1. The van der Waals surface area contributed by atoms with E-state index in [2.05, 4.69) is 26.1 Å². The van der Waals surface area contributed by atoms with Gasteiger partial charge in [-0.15, -0.1) is 5.10 Å². The highest BCUT2D eigenvalue weighted by molar-refractivity contribution is 9.10. The molecule has 0 saturated carbocycles. The molecule has 0 bridgehead atoms. The highest BCUT2D eigenvalue weighted by atomic mass is 79.9. The first-order valence-corrected chi connectivity index (χ1v) is 7.49. The van der Waals surface area contributed by atoms with Crippen molar-refractivity contribution in [3.8, 4) is 0 Å². The number of nitrogens with two attached hydrogens (primary N) is 1. The van der Waals surface area contributed by atoms with Crippen LogP contribution in [0.3, 0.4) is 0 Å². The lowest BCUT2D eigenvalue weighted by Gasteiger charge is -2.08. The van der Waals surface area contributed by atoms with Gasteiger partial charge in [-0.2, -0.15) is 5.10 Å². The Morgan fingerprint density at radius 2 is 2.25 bits per heavy atom. The zero-order chi connectivity index (χ0) is 11.8. The van der Waals surface area contributed by atoms with Crippen LogP contribution >= 0.6 is 15.9 Å². The third kappa shape index (κ3) is 2.35. The van der Waals surface area contributed by atoms with E-state index in [4.69, 9.17) is 5.73 Å². The van der Waals surface area contributed by atoms with E-state index >= 15 is 0 Å². The first kappa shape index (κ1) is 11.8. The molecule has 0 radical (unpaired) electrons. The number of hydrogen-bond acceptors (Lipinski definition) is 5. The number of sulfone groups is 1. The Morgan fingerprint density at radius 1 is 1.50 bits per heavy atom. The molecule has 1 aromatic rings. The van der Waals surface area contributed by atoms with Crippen LogP contribution in [0.2, 0.25) is 0 Å². The molecule has 0 aliphatic carbocycles. The maximum absolute atomic E-state index is 11.6. The second kappa shape index (κ2) is 4.29. The van der Waals surface area contributed by atoms with Crippen molar-refractivity contribution in [3.05, 3.63) is 16.2 Å².